The van der Waals surface area contributed by atoms with Gasteiger partial charge in [0.2, 0.25) is 5.91 Å². The van der Waals surface area contributed by atoms with Gasteiger partial charge in [-0.15, -0.1) is 0 Å². The number of amides is 1. The number of carbonyl (C=O) groups excluding carboxylic acids is 1. The van der Waals surface area contributed by atoms with Crippen molar-refractivity contribution in [2.75, 3.05) is 5.75 Å². The van der Waals surface area contributed by atoms with Gasteiger partial charge in [-0.3, -0.25) is 9.35 Å². The quantitative estimate of drug-likeness (QED) is 0.0287. The maximum absolute atomic E-state index is 12.6. The van der Waals surface area contributed by atoms with Crippen molar-refractivity contribution in [3.8, 4) is 0 Å². The number of nitrogens with one attached hydrogen (secondary N) is 1. The van der Waals surface area contributed by atoms with Gasteiger partial charge in [0.05, 0.1) is 17.9 Å². The topological polar surface area (TPSA) is 124 Å². The number of aliphatic hydroxyl groups excluding tert-OH is 2. The van der Waals surface area contributed by atoms with E-state index in [4.69, 9.17) is 0 Å². The number of allylic oxidation sites excluding steroid dienone is 5. The van der Waals surface area contributed by atoms with Crippen LogP contribution in [-0.2, 0) is 14.9 Å². The van der Waals surface area contributed by atoms with E-state index in [1.165, 1.54) is 128 Å². The molecule has 0 aromatic rings. The first-order chi connectivity index (χ1) is 24.2. The summed E-state index contributed by atoms with van der Waals surface area (Å²) in [6, 6.07) is -1.25. The van der Waals surface area contributed by atoms with Crippen molar-refractivity contribution in [2.24, 2.45) is 0 Å². The molecule has 0 aromatic heterocycles. The first-order valence-electron chi connectivity index (χ1n) is 20.8. The van der Waals surface area contributed by atoms with Gasteiger partial charge >= 0.3 is 0 Å². The molecule has 0 radical (unpaired) electrons. The highest BCUT2D eigenvalue weighted by molar-refractivity contribution is 7.85. The summed E-state index contributed by atoms with van der Waals surface area (Å²) in [5.41, 5.74) is 0. The highest BCUT2D eigenvalue weighted by Gasteiger charge is 2.27. The molecule has 0 aliphatic heterocycles. The minimum atomic E-state index is -4.45. The third kappa shape index (κ3) is 34.9. The predicted octanol–water partition coefficient (Wildman–Crippen LogP) is 11.1. The zero-order valence-corrected chi connectivity index (χ0v) is 33.2. The average molecular weight is 726 g/mol. The van der Waals surface area contributed by atoms with E-state index in [0.29, 0.717) is 12.8 Å². The molecule has 0 spiro atoms. The van der Waals surface area contributed by atoms with Crippen LogP contribution >= 0.6 is 0 Å². The molecule has 3 unspecified atom stereocenters. The lowest BCUT2D eigenvalue weighted by Gasteiger charge is -2.22. The van der Waals surface area contributed by atoms with E-state index in [-0.39, 0.29) is 6.42 Å². The Kier molecular flexibility index (Phi) is 34.8. The third-order valence-electron chi connectivity index (χ3n) is 9.40. The lowest BCUT2D eigenvalue weighted by Crippen LogP contribution is -2.50. The lowest BCUT2D eigenvalue weighted by atomic mass is 10.0. The second-order valence-electron chi connectivity index (χ2n) is 14.4. The van der Waals surface area contributed by atoms with Crippen LogP contribution in [0, 0.1) is 0 Å². The number of unbranched alkanes of at least 4 members (excludes halogenated alkanes) is 24. The van der Waals surface area contributed by atoms with Gasteiger partial charge in [0.15, 0.2) is 0 Å². The van der Waals surface area contributed by atoms with Crippen molar-refractivity contribution in [3.63, 3.8) is 0 Å². The minimum absolute atomic E-state index is 0.274. The van der Waals surface area contributed by atoms with Crippen molar-refractivity contribution in [1.29, 1.82) is 0 Å². The van der Waals surface area contributed by atoms with Crippen LogP contribution in [0.4, 0.5) is 0 Å². The van der Waals surface area contributed by atoms with Crippen molar-refractivity contribution in [1.82, 2.24) is 5.32 Å². The van der Waals surface area contributed by atoms with E-state index in [1.54, 1.807) is 6.08 Å². The Balaban J connectivity index is 4.11. The fourth-order valence-corrected chi connectivity index (χ4v) is 6.93. The zero-order chi connectivity index (χ0) is 37.0. The summed E-state index contributed by atoms with van der Waals surface area (Å²) in [6.07, 6.45) is 43.4. The molecular weight excluding hydrogens is 647 g/mol. The Morgan fingerprint density at radius 1 is 0.540 bits per heavy atom. The molecule has 1 amide bonds. The molecule has 0 aliphatic rings. The van der Waals surface area contributed by atoms with Gasteiger partial charge in [-0.1, -0.05) is 192 Å². The second kappa shape index (κ2) is 35.9. The Morgan fingerprint density at radius 3 is 1.32 bits per heavy atom. The normalized spacial score (nSPS) is 14.3. The SMILES string of the molecule is CCCCCCCCCC/C=C/CC/C=C/CC/C=C/C(O)C(CS(=O)(=O)O)NC(=O)C(O)CCCCCCCCCCCCCCCCC. The smallest absolute Gasteiger partial charge is 0.267 e. The number of carbonyl (C=O) groups is 1. The fraction of sp³-hybridized carbons (Fsp3) is 0.833. The molecule has 0 heterocycles. The molecule has 50 heavy (non-hydrogen) atoms. The van der Waals surface area contributed by atoms with Crippen molar-refractivity contribution in [2.45, 2.75) is 218 Å². The first kappa shape index (κ1) is 48.5. The van der Waals surface area contributed by atoms with Crippen LogP contribution in [0.2, 0.25) is 0 Å². The van der Waals surface area contributed by atoms with Crippen molar-refractivity contribution < 1.29 is 28.0 Å². The van der Waals surface area contributed by atoms with Crippen LogP contribution in [0.5, 0.6) is 0 Å². The Hall–Kier alpha value is -1.48. The Morgan fingerprint density at radius 2 is 0.900 bits per heavy atom. The number of rotatable bonds is 37. The average Bonchev–Trinajstić information content (AvgIpc) is 3.08. The van der Waals surface area contributed by atoms with E-state index in [9.17, 15) is 28.0 Å². The van der Waals surface area contributed by atoms with Gasteiger partial charge in [-0.2, -0.15) is 8.42 Å². The van der Waals surface area contributed by atoms with Gasteiger partial charge < -0.3 is 15.5 Å². The first-order valence-corrected chi connectivity index (χ1v) is 22.4. The zero-order valence-electron chi connectivity index (χ0n) is 32.4. The maximum atomic E-state index is 12.6. The van der Waals surface area contributed by atoms with Crippen molar-refractivity contribution in [3.05, 3.63) is 36.5 Å². The van der Waals surface area contributed by atoms with Crippen molar-refractivity contribution >= 4 is 16.0 Å². The van der Waals surface area contributed by atoms with Crippen LogP contribution in [0.25, 0.3) is 0 Å². The molecule has 0 aliphatic carbocycles. The van der Waals surface area contributed by atoms with E-state index in [0.717, 1.165) is 44.9 Å². The number of hydrogen-bond acceptors (Lipinski definition) is 5. The summed E-state index contributed by atoms with van der Waals surface area (Å²) in [6.45, 7) is 4.51. The largest absolute Gasteiger partial charge is 0.387 e. The molecule has 8 heteroatoms. The highest BCUT2D eigenvalue weighted by atomic mass is 32.2. The monoisotopic (exact) mass is 726 g/mol. The summed E-state index contributed by atoms with van der Waals surface area (Å²) in [4.78, 5) is 12.6. The van der Waals surface area contributed by atoms with Crippen LogP contribution in [0.3, 0.4) is 0 Å². The molecule has 294 valence electrons. The van der Waals surface area contributed by atoms with Crippen LogP contribution in [0.15, 0.2) is 36.5 Å². The standard InChI is InChI=1S/C42H79NO6S/c1-3-5-7-9-11-13-15-17-19-20-21-23-24-26-28-30-32-34-36-40(44)39(38-50(47,48)49)43-42(46)41(45)37-35-33-31-29-27-25-22-18-16-14-12-10-8-6-4-2/h20-21,26,28,34,36,39-41,44-45H,3-19,22-25,27,29-33,35,37-38H2,1-2H3,(H,43,46)(H,47,48,49)/b21-20+,28-26+,36-34+. The molecule has 7 nitrogen and oxygen atoms in total. The molecule has 3 atom stereocenters. The molecule has 4 N–H and O–H groups in total. The Labute approximate surface area is 309 Å². The van der Waals surface area contributed by atoms with Gasteiger partial charge in [0.25, 0.3) is 10.1 Å². The lowest BCUT2D eigenvalue weighted by molar-refractivity contribution is -0.130. The second-order valence-corrected chi connectivity index (χ2v) is 15.9. The molecule has 0 aromatic carbocycles. The minimum Gasteiger partial charge on any atom is -0.387 e. The summed E-state index contributed by atoms with van der Waals surface area (Å²) < 4.78 is 32.5. The number of aliphatic hydroxyl groups is 2. The highest BCUT2D eigenvalue weighted by Crippen LogP contribution is 2.15. The number of hydrogen-bond donors (Lipinski definition) is 4. The molecular formula is C42H79NO6S. The van der Waals surface area contributed by atoms with E-state index in [1.807, 2.05) is 0 Å². The fourth-order valence-electron chi connectivity index (χ4n) is 6.19. The summed E-state index contributed by atoms with van der Waals surface area (Å²) in [5, 5.41) is 23.4. The van der Waals surface area contributed by atoms with E-state index < -0.39 is 40.0 Å². The molecule has 0 saturated carbocycles. The summed E-state index contributed by atoms with van der Waals surface area (Å²) in [7, 11) is -4.45. The van der Waals surface area contributed by atoms with Crippen LogP contribution < -0.4 is 5.32 Å². The van der Waals surface area contributed by atoms with Gasteiger partial charge in [0, 0.05) is 0 Å². The van der Waals surface area contributed by atoms with Crippen LogP contribution in [-0.4, -0.2) is 53.1 Å². The van der Waals surface area contributed by atoms with Gasteiger partial charge in [-0.25, -0.2) is 0 Å². The predicted molar refractivity (Wildman–Crippen MR) is 213 cm³/mol. The molecule has 0 bridgehead atoms. The van der Waals surface area contributed by atoms with E-state index >= 15 is 0 Å². The Bertz CT molecular complexity index is 948. The third-order valence-corrected chi connectivity index (χ3v) is 10.2. The van der Waals surface area contributed by atoms with Gasteiger partial charge in [-0.05, 0) is 44.9 Å². The molecule has 0 fully saturated rings. The summed E-state index contributed by atoms with van der Waals surface area (Å²) in [5.74, 6) is -1.56. The summed E-state index contributed by atoms with van der Waals surface area (Å²) >= 11 is 0. The van der Waals surface area contributed by atoms with E-state index in [2.05, 4.69) is 43.5 Å². The van der Waals surface area contributed by atoms with Gasteiger partial charge in [0.1, 0.15) is 6.10 Å². The maximum Gasteiger partial charge on any atom is 0.267 e. The molecule has 0 rings (SSSR count). The molecule has 0 saturated heterocycles. The van der Waals surface area contributed by atoms with Crippen LogP contribution in [0.1, 0.15) is 200 Å².